The molecule has 2 spiro atoms. The average molecular weight is 330 g/mol. The molecular formula is C22H18O3. The van der Waals surface area contributed by atoms with Crippen molar-refractivity contribution in [2.45, 2.75) is 6.42 Å². The minimum absolute atomic E-state index is 0.0203. The molecule has 0 aromatic heterocycles. The average Bonchev–Trinajstić information content (AvgIpc) is 3.14. The van der Waals surface area contributed by atoms with E-state index in [2.05, 4.69) is 18.7 Å². The van der Waals surface area contributed by atoms with E-state index in [1.807, 2.05) is 0 Å². The van der Waals surface area contributed by atoms with Crippen LogP contribution in [0.1, 0.15) is 6.42 Å². The number of carbonyl (C=O) groups is 3. The largest absolute Gasteiger partial charge is 0.299 e. The van der Waals surface area contributed by atoms with Crippen molar-refractivity contribution in [2.75, 3.05) is 0 Å². The van der Waals surface area contributed by atoms with E-state index < -0.39 is 0 Å². The fourth-order valence-electron chi connectivity index (χ4n) is 10.6. The predicted octanol–water partition coefficient (Wildman–Crippen LogP) is 2.00. The third-order valence-corrected chi connectivity index (χ3v) is 10.4. The van der Waals surface area contributed by atoms with Crippen LogP contribution in [-0.2, 0) is 14.4 Å². The second-order valence-corrected chi connectivity index (χ2v) is 9.92. The summed E-state index contributed by atoms with van der Waals surface area (Å²) in [5.41, 5.74) is 0.733. The lowest BCUT2D eigenvalue weighted by atomic mass is 9.25. The Labute approximate surface area is 145 Å². The number of hydrogen-bond donors (Lipinski definition) is 0. The molecule has 6 fully saturated rings. The maximum absolute atomic E-state index is 13.8. The SMILES string of the molecule is C=C1C2C3CC4C2C(=O)C25C6C=CC(C7C(=O)C=CC(=O)C76)C12C3C45. The Bertz CT molecular complexity index is 880. The summed E-state index contributed by atoms with van der Waals surface area (Å²) < 4.78 is 0. The van der Waals surface area contributed by atoms with Crippen molar-refractivity contribution in [2.24, 2.45) is 70.0 Å². The van der Waals surface area contributed by atoms with Gasteiger partial charge in [0, 0.05) is 34.5 Å². The Balaban J connectivity index is 1.50. The predicted molar refractivity (Wildman–Crippen MR) is 86.8 cm³/mol. The van der Waals surface area contributed by atoms with Crippen LogP contribution in [0.2, 0.25) is 0 Å². The third kappa shape index (κ3) is 0.763. The van der Waals surface area contributed by atoms with Crippen molar-refractivity contribution < 1.29 is 14.4 Å². The van der Waals surface area contributed by atoms with E-state index in [1.165, 1.54) is 24.1 Å². The van der Waals surface area contributed by atoms with Crippen LogP contribution in [0, 0.1) is 70.0 Å². The first-order valence-electron chi connectivity index (χ1n) is 9.75. The number of carbonyl (C=O) groups excluding carboxylic acids is 3. The van der Waals surface area contributed by atoms with Crippen molar-refractivity contribution in [1.29, 1.82) is 0 Å². The Morgan fingerprint density at radius 1 is 0.800 bits per heavy atom. The highest BCUT2D eigenvalue weighted by Crippen LogP contribution is 2.97. The number of fused-ring (bicyclic) bond motifs is 1. The highest BCUT2D eigenvalue weighted by atomic mass is 16.1. The molecule has 12 unspecified atom stereocenters. The summed E-state index contributed by atoms with van der Waals surface area (Å²) in [6.07, 6.45) is 8.53. The minimum atomic E-state index is -0.381. The van der Waals surface area contributed by atoms with Gasteiger partial charge in [-0.15, -0.1) is 0 Å². The molecule has 9 aliphatic carbocycles. The molecule has 0 heterocycles. The van der Waals surface area contributed by atoms with Gasteiger partial charge < -0.3 is 0 Å². The molecule has 0 aromatic carbocycles. The highest BCUT2D eigenvalue weighted by Gasteiger charge is 2.98. The first-order valence-corrected chi connectivity index (χ1v) is 9.75. The molecule has 4 bridgehead atoms. The molecule has 0 radical (unpaired) electrons. The van der Waals surface area contributed by atoms with Gasteiger partial charge in [0.15, 0.2) is 11.6 Å². The second-order valence-electron chi connectivity index (χ2n) is 9.92. The lowest BCUT2D eigenvalue weighted by Crippen LogP contribution is -2.78. The van der Waals surface area contributed by atoms with E-state index in [1.54, 1.807) is 0 Å². The number of rotatable bonds is 0. The Kier molecular flexibility index (Phi) is 1.54. The maximum Gasteiger partial charge on any atom is 0.160 e. The molecule has 6 saturated carbocycles. The molecule has 124 valence electrons. The van der Waals surface area contributed by atoms with Gasteiger partial charge in [-0.05, 0) is 54.1 Å². The molecule has 0 aliphatic heterocycles. The summed E-state index contributed by atoms with van der Waals surface area (Å²) in [5, 5.41) is 0. The molecule has 0 saturated heterocycles. The third-order valence-electron chi connectivity index (χ3n) is 10.4. The molecule has 0 aromatic rings. The van der Waals surface area contributed by atoms with Crippen molar-refractivity contribution >= 4 is 17.3 Å². The second kappa shape index (κ2) is 3.06. The lowest BCUT2D eigenvalue weighted by molar-refractivity contribution is -0.246. The van der Waals surface area contributed by atoms with E-state index in [0.29, 0.717) is 35.4 Å². The standard InChI is InChI=1S/C22H18O3/c1-7-14-8-6-9-15(14)20(25)22-11-3-2-10(21(7,22)18(8)19(9)22)16-12(23)4-5-13(24)17(11)16/h2-5,8-11,14-19H,1,6H2. The smallest absolute Gasteiger partial charge is 0.160 e. The number of allylic oxidation sites excluding steroid dienone is 5. The quantitative estimate of drug-likeness (QED) is 0.638. The summed E-state index contributed by atoms with van der Waals surface area (Å²) in [6.45, 7) is 4.58. The van der Waals surface area contributed by atoms with Gasteiger partial charge in [0.1, 0.15) is 5.78 Å². The summed E-state index contributed by atoms with van der Waals surface area (Å²) in [7, 11) is 0. The minimum Gasteiger partial charge on any atom is -0.299 e. The molecule has 0 amide bonds. The molecule has 9 rings (SSSR count). The molecule has 0 N–H and O–H groups in total. The summed E-state index contributed by atoms with van der Waals surface area (Å²) >= 11 is 0. The van der Waals surface area contributed by atoms with Crippen LogP contribution in [0.25, 0.3) is 0 Å². The van der Waals surface area contributed by atoms with Gasteiger partial charge in [0.2, 0.25) is 0 Å². The molecule has 3 nitrogen and oxygen atoms in total. The molecule has 12 atom stereocenters. The van der Waals surface area contributed by atoms with E-state index in [-0.39, 0.29) is 52.0 Å². The molecule has 25 heavy (non-hydrogen) atoms. The molecule has 3 heteroatoms. The maximum atomic E-state index is 13.8. The van der Waals surface area contributed by atoms with Crippen molar-refractivity contribution in [3.8, 4) is 0 Å². The van der Waals surface area contributed by atoms with Gasteiger partial charge in [-0.3, -0.25) is 14.4 Å². The van der Waals surface area contributed by atoms with Crippen LogP contribution in [0.5, 0.6) is 0 Å². The summed E-state index contributed by atoms with van der Waals surface area (Å²) in [6, 6.07) is 0. The molecular weight excluding hydrogens is 312 g/mol. The van der Waals surface area contributed by atoms with Crippen LogP contribution >= 0.6 is 0 Å². The van der Waals surface area contributed by atoms with Crippen molar-refractivity contribution in [1.82, 2.24) is 0 Å². The summed E-state index contributed by atoms with van der Waals surface area (Å²) in [5.74, 6) is 2.79. The summed E-state index contributed by atoms with van der Waals surface area (Å²) in [4.78, 5) is 39.4. The fraction of sp³-hybridized carbons (Fsp3) is 0.591. The first kappa shape index (κ1) is 12.6. The van der Waals surface area contributed by atoms with Crippen molar-refractivity contribution in [3.05, 3.63) is 36.5 Å². The van der Waals surface area contributed by atoms with Crippen LogP contribution in [0.4, 0.5) is 0 Å². The zero-order valence-electron chi connectivity index (χ0n) is 13.7. The van der Waals surface area contributed by atoms with Gasteiger partial charge in [-0.2, -0.15) is 0 Å². The normalized spacial score (nSPS) is 68.2. The lowest BCUT2D eigenvalue weighted by Gasteiger charge is -2.76. The fourth-order valence-corrected chi connectivity index (χ4v) is 10.6. The zero-order chi connectivity index (χ0) is 16.6. The topological polar surface area (TPSA) is 51.2 Å². The van der Waals surface area contributed by atoms with E-state index in [4.69, 9.17) is 0 Å². The number of Topliss-reactive ketones (excluding diaryl/α,β-unsaturated/α-hetero) is 1. The van der Waals surface area contributed by atoms with Gasteiger partial charge >= 0.3 is 0 Å². The van der Waals surface area contributed by atoms with E-state index in [9.17, 15) is 14.4 Å². The Hall–Kier alpha value is -1.77. The monoisotopic (exact) mass is 330 g/mol. The number of hydrogen-bond acceptors (Lipinski definition) is 3. The van der Waals surface area contributed by atoms with Gasteiger partial charge in [-0.1, -0.05) is 24.3 Å². The zero-order valence-corrected chi connectivity index (χ0v) is 13.7. The molecule has 9 aliphatic rings. The van der Waals surface area contributed by atoms with Crippen LogP contribution in [0.15, 0.2) is 36.5 Å². The van der Waals surface area contributed by atoms with Crippen LogP contribution < -0.4 is 0 Å². The van der Waals surface area contributed by atoms with E-state index in [0.717, 1.165) is 0 Å². The van der Waals surface area contributed by atoms with E-state index >= 15 is 0 Å². The van der Waals surface area contributed by atoms with Gasteiger partial charge in [0.25, 0.3) is 0 Å². The van der Waals surface area contributed by atoms with Crippen LogP contribution in [0.3, 0.4) is 0 Å². The number of ketones is 3. The highest BCUT2D eigenvalue weighted by molar-refractivity contribution is 6.10. The van der Waals surface area contributed by atoms with Crippen LogP contribution in [-0.4, -0.2) is 17.3 Å². The first-order chi connectivity index (χ1) is 12.1. The van der Waals surface area contributed by atoms with Crippen molar-refractivity contribution in [3.63, 3.8) is 0 Å². The van der Waals surface area contributed by atoms with Gasteiger partial charge in [0.05, 0.1) is 0 Å². The van der Waals surface area contributed by atoms with Gasteiger partial charge in [-0.25, -0.2) is 0 Å². The Morgan fingerprint density at radius 2 is 1.36 bits per heavy atom. The Morgan fingerprint density at radius 3 is 2.04 bits per heavy atom.